The number of aliphatic hydroxyl groups is 1. The lowest BCUT2D eigenvalue weighted by atomic mass is 9.95. The smallest absolute Gasteiger partial charge is 0.295 e. The van der Waals surface area contributed by atoms with Gasteiger partial charge in [0.05, 0.1) is 24.8 Å². The molecule has 3 aromatic carbocycles. The van der Waals surface area contributed by atoms with Crippen molar-refractivity contribution < 1.29 is 28.6 Å². The van der Waals surface area contributed by atoms with Gasteiger partial charge in [-0.05, 0) is 47.5 Å². The van der Waals surface area contributed by atoms with Crippen LogP contribution in [0.5, 0.6) is 5.75 Å². The molecule has 1 atom stereocenters. The molecule has 0 bridgehead atoms. The number of hydrogen-bond donors (Lipinski definition) is 1. The van der Waals surface area contributed by atoms with Gasteiger partial charge in [0, 0.05) is 31.7 Å². The molecule has 2 fully saturated rings. The molecular weight excluding hydrogens is 487 g/mol. The molecule has 0 aromatic heterocycles. The number of rotatable bonds is 8. The molecule has 1 amide bonds. The molecule has 2 aliphatic heterocycles. The van der Waals surface area contributed by atoms with E-state index in [1.807, 2.05) is 30.3 Å². The number of aliphatic hydroxyl groups excluding tert-OH is 1. The summed E-state index contributed by atoms with van der Waals surface area (Å²) in [6, 6.07) is 21.3. The summed E-state index contributed by atoms with van der Waals surface area (Å²) in [6.07, 6.45) is 0. The van der Waals surface area contributed by atoms with Gasteiger partial charge in [-0.25, -0.2) is 4.39 Å². The quantitative estimate of drug-likeness (QED) is 0.275. The van der Waals surface area contributed by atoms with Crippen molar-refractivity contribution in [2.75, 3.05) is 39.4 Å². The molecule has 8 heteroatoms. The second kappa shape index (κ2) is 11.6. The van der Waals surface area contributed by atoms with Crippen LogP contribution in [0.15, 0.2) is 84.4 Å². The van der Waals surface area contributed by atoms with Crippen LogP contribution in [0.1, 0.15) is 22.7 Å². The van der Waals surface area contributed by atoms with Crippen molar-refractivity contribution in [3.8, 4) is 5.75 Å². The molecular formula is C30H29FN2O5. The maximum Gasteiger partial charge on any atom is 0.295 e. The summed E-state index contributed by atoms with van der Waals surface area (Å²) in [4.78, 5) is 30.0. The molecule has 1 N–H and O–H groups in total. The summed E-state index contributed by atoms with van der Waals surface area (Å²) in [5.41, 5.74) is 1.95. The Hall–Kier alpha value is -4.01. The first-order valence-electron chi connectivity index (χ1n) is 12.6. The number of benzene rings is 3. The number of carbonyl (C=O) groups excluding carboxylic acids is 2. The highest BCUT2D eigenvalue weighted by Gasteiger charge is 2.46. The lowest BCUT2D eigenvalue weighted by Gasteiger charge is -2.31. The Morgan fingerprint density at radius 2 is 1.61 bits per heavy atom. The number of nitrogens with zero attached hydrogens (tertiary/aromatic N) is 2. The Bertz CT molecular complexity index is 1300. The molecule has 0 saturated carbocycles. The van der Waals surface area contributed by atoms with E-state index in [4.69, 9.17) is 9.47 Å². The molecule has 2 saturated heterocycles. The molecule has 0 radical (unpaired) electrons. The van der Waals surface area contributed by atoms with Crippen molar-refractivity contribution >= 4 is 17.4 Å². The van der Waals surface area contributed by atoms with Crippen LogP contribution in [0.3, 0.4) is 0 Å². The summed E-state index contributed by atoms with van der Waals surface area (Å²) in [5, 5.41) is 11.3. The van der Waals surface area contributed by atoms with Crippen LogP contribution >= 0.6 is 0 Å². The summed E-state index contributed by atoms with van der Waals surface area (Å²) in [7, 11) is 0. The highest BCUT2D eigenvalue weighted by molar-refractivity contribution is 6.46. The lowest BCUT2D eigenvalue weighted by Crippen LogP contribution is -2.42. The third kappa shape index (κ3) is 5.61. The van der Waals surface area contributed by atoms with Crippen LogP contribution in [0.2, 0.25) is 0 Å². The van der Waals surface area contributed by atoms with Crippen LogP contribution in [-0.2, 0) is 20.9 Å². The van der Waals surface area contributed by atoms with Crippen molar-refractivity contribution in [1.29, 1.82) is 0 Å². The zero-order chi connectivity index (χ0) is 26.5. The number of Topliss-reactive ketones (excluding diaryl/α,β-unsaturated/α-hetero) is 1. The predicted octanol–water partition coefficient (Wildman–Crippen LogP) is 4.16. The third-order valence-electron chi connectivity index (χ3n) is 6.86. The molecule has 5 rings (SSSR count). The summed E-state index contributed by atoms with van der Waals surface area (Å²) < 4.78 is 24.9. The Morgan fingerprint density at radius 1 is 0.921 bits per heavy atom. The normalized spacial score (nSPS) is 19.6. The van der Waals surface area contributed by atoms with Crippen molar-refractivity contribution in [1.82, 2.24) is 9.80 Å². The molecule has 3 aromatic rings. The number of likely N-dealkylation sites (tertiary alicyclic amines) is 1. The Morgan fingerprint density at radius 3 is 2.29 bits per heavy atom. The van der Waals surface area contributed by atoms with Crippen LogP contribution in [0, 0.1) is 5.82 Å². The second-order valence-corrected chi connectivity index (χ2v) is 9.30. The van der Waals surface area contributed by atoms with Gasteiger partial charge < -0.3 is 19.5 Å². The number of ketones is 1. The van der Waals surface area contributed by atoms with Crippen LogP contribution in [-0.4, -0.2) is 66.0 Å². The van der Waals surface area contributed by atoms with Crippen molar-refractivity contribution in [3.05, 3.63) is 107 Å². The summed E-state index contributed by atoms with van der Waals surface area (Å²) in [5.74, 6) is -1.54. The molecule has 0 aliphatic carbocycles. The summed E-state index contributed by atoms with van der Waals surface area (Å²) >= 11 is 0. The number of ether oxygens (including phenoxy) is 2. The number of hydrogen-bond acceptors (Lipinski definition) is 6. The average molecular weight is 517 g/mol. The van der Waals surface area contributed by atoms with Crippen molar-refractivity contribution in [2.45, 2.75) is 12.6 Å². The van der Waals surface area contributed by atoms with Crippen molar-refractivity contribution in [2.24, 2.45) is 0 Å². The number of halogens is 1. The molecule has 196 valence electrons. The minimum absolute atomic E-state index is 0.0125. The fraction of sp³-hybridized carbons (Fsp3) is 0.267. The van der Waals surface area contributed by atoms with E-state index in [1.54, 1.807) is 36.4 Å². The van der Waals surface area contributed by atoms with E-state index in [-0.39, 0.29) is 17.9 Å². The van der Waals surface area contributed by atoms with Gasteiger partial charge in [0.2, 0.25) is 0 Å². The standard InChI is InChI=1S/C30H29FN2O5/c31-24-10-6-22(7-11-24)27-26(29(35)30(36)33(27)15-14-32-16-18-37-19-17-32)28(34)23-8-12-25(13-9-23)38-20-21-4-2-1-3-5-21/h1-13,27,34H,14-20H2/b28-26+. The molecule has 2 aliphatic rings. The Balaban J connectivity index is 1.41. The van der Waals surface area contributed by atoms with Crippen LogP contribution in [0.4, 0.5) is 4.39 Å². The van der Waals surface area contributed by atoms with E-state index in [9.17, 15) is 19.1 Å². The maximum absolute atomic E-state index is 13.7. The highest BCUT2D eigenvalue weighted by atomic mass is 19.1. The van der Waals surface area contributed by atoms with E-state index in [0.717, 1.165) is 18.7 Å². The minimum atomic E-state index is -0.828. The van der Waals surface area contributed by atoms with E-state index in [0.29, 0.717) is 43.2 Å². The van der Waals surface area contributed by atoms with E-state index >= 15 is 0 Å². The number of morpholine rings is 1. The highest BCUT2D eigenvalue weighted by Crippen LogP contribution is 2.39. The predicted molar refractivity (Wildman–Crippen MR) is 140 cm³/mol. The van der Waals surface area contributed by atoms with Gasteiger partial charge in [-0.1, -0.05) is 42.5 Å². The second-order valence-electron chi connectivity index (χ2n) is 9.30. The van der Waals surface area contributed by atoms with Gasteiger partial charge in [-0.3, -0.25) is 14.5 Å². The molecule has 2 heterocycles. The van der Waals surface area contributed by atoms with Crippen LogP contribution in [0.25, 0.3) is 5.76 Å². The van der Waals surface area contributed by atoms with E-state index in [1.165, 1.54) is 17.0 Å². The summed E-state index contributed by atoms with van der Waals surface area (Å²) in [6.45, 7) is 3.95. The topological polar surface area (TPSA) is 79.3 Å². The SMILES string of the molecule is O=C1C(=O)N(CCN2CCOCC2)C(c2ccc(F)cc2)/C1=C(\O)c1ccc(OCc2ccccc2)cc1. The lowest BCUT2D eigenvalue weighted by molar-refractivity contribution is -0.140. The van der Waals surface area contributed by atoms with Gasteiger partial charge in [0.25, 0.3) is 11.7 Å². The molecule has 0 spiro atoms. The molecule has 38 heavy (non-hydrogen) atoms. The van der Waals surface area contributed by atoms with E-state index < -0.39 is 23.5 Å². The molecule has 7 nitrogen and oxygen atoms in total. The van der Waals surface area contributed by atoms with Crippen molar-refractivity contribution in [3.63, 3.8) is 0 Å². The fourth-order valence-electron chi connectivity index (χ4n) is 4.78. The van der Waals surface area contributed by atoms with Gasteiger partial charge in [0.1, 0.15) is 23.9 Å². The van der Waals surface area contributed by atoms with Gasteiger partial charge in [0.15, 0.2) is 0 Å². The first kappa shape index (κ1) is 25.6. The zero-order valence-corrected chi connectivity index (χ0v) is 20.9. The minimum Gasteiger partial charge on any atom is -0.507 e. The zero-order valence-electron chi connectivity index (χ0n) is 20.9. The van der Waals surface area contributed by atoms with E-state index in [2.05, 4.69) is 4.90 Å². The Kier molecular flexibility index (Phi) is 7.81. The Labute approximate surface area is 220 Å². The fourth-order valence-corrected chi connectivity index (χ4v) is 4.78. The largest absolute Gasteiger partial charge is 0.507 e. The first-order chi connectivity index (χ1) is 18.5. The number of amides is 1. The molecule has 1 unspecified atom stereocenters. The third-order valence-corrected chi connectivity index (χ3v) is 6.86. The van der Waals surface area contributed by atoms with Gasteiger partial charge in [-0.2, -0.15) is 0 Å². The van der Waals surface area contributed by atoms with Crippen LogP contribution < -0.4 is 4.74 Å². The monoisotopic (exact) mass is 516 g/mol. The van der Waals surface area contributed by atoms with Gasteiger partial charge in [-0.15, -0.1) is 0 Å². The average Bonchev–Trinajstić information content (AvgIpc) is 3.21. The van der Waals surface area contributed by atoms with Gasteiger partial charge >= 0.3 is 0 Å². The maximum atomic E-state index is 13.7. The number of carbonyl (C=O) groups is 2. The first-order valence-corrected chi connectivity index (χ1v) is 12.6.